The van der Waals surface area contributed by atoms with Crippen LogP contribution in [-0.4, -0.2) is 27.6 Å². The summed E-state index contributed by atoms with van der Waals surface area (Å²) in [5.41, 5.74) is 0. The molecule has 0 aliphatic rings. The topological polar surface area (TPSA) is 49.3 Å². The zero-order chi connectivity index (χ0) is 8.69. The van der Waals surface area contributed by atoms with Crippen molar-refractivity contribution in [1.29, 1.82) is 0 Å². The standard InChI is InChI=1S/C7H17NO2S/c1-7(2)3-4-8-5-6-11(9)10/h7-8H,3-6H2,1-2H3,(H,9,10). The van der Waals surface area contributed by atoms with E-state index in [0.717, 1.165) is 13.0 Å². The van der Waals surface area contributed by atoms with Gasteiger partial charge in [0.2, 0.25) is 0 Å². The molecule has 0 bridgehead atoms. The average Bonchev–Trinajstić information content (AvgIpc) is 1.85. The maximum Gasteiger partial charge on any atom is 0.154 e. The number of rotatable bonds is 6. The molecule has 0 saturated heterocycles. The summed E-state index contributed by atoms with van der Waals surface area (Å²) >= 11 is -1.64. The summed E-state index contributed by atoms with van der Waals surface area (Å²) < 4.78 is 18.6. The molecule has 1 atom stereocenters. The van der Waals surface area contributed by atoms with Gasteiger partial charge in [0, 0.05) is 6.54 Å². The SMILES string of the molecule is CC(C)CCNCCS(=O)O. The quantitative estimate of drug-likeness (QED) is 0.469. The molecule has 68 valence electrons. The van der Waals surface area contributed by atoms with Gasteiger partial charge in [0.1, 0.15) is 0 Å². The molecule has 11 heavy (non-hydrogen) atoms. The lowest BCUT2D eigenvalue weighted by Gasteiger charge is -2.04. The molecule has 0 radical (unpaired) electrons. The van der Waals surface area contributed by atoms with E-state index in [1.807, 2.05) is 0 Å². The van der Waals surface area contributed by atoms with Gasteiger partial charge in [-0.05, 0) is 18.9 Å². The van der Waals surface area contributed by atoms with Gasteiger partial charge in [-0.25, -0.2) is 4.21 Å². The van der Waals surface area contributed by atoms with Crippen molar-refractivity contribution in [2.45, 2.75) is 20.3 Å². The molecule has 0 aliphatic carbocycles. The largest absolute Gasteiger partial charge is 0.316 e. The second kappa shape index (κ2) is 6.76. The Hall–Kier alpha value is 0.0700. The second-order valence-corrected chi connectivity index (χ2v) is 4.01. The van der Waals surface area contributed by atoms with Crippen LogP contribution in [0.25, 0.3) is 0 Å². The van der Waals surface area contributed by atoms with Crippen LogP contribution in [-0.2, 0) is 11.1 Å². The predicted molar refractivity (Wildman–Crippen MR) is 48.0 cm³/mol. The molecule has 1 unspecified atom stereocenters. The lowest BCUT2D eigenvalue weighted by molar-refractivity contribution is 0.537. The zero-order valence-electron chi connectivity index (χ0n) is 7.17. The van der Waals surface area contributed by atoms with E-state index < -0.39 is 11.1 Å². The van der Waals surface area contributed by atoms with E-state index >= 15 is 0 Å². The summed E-state index contributed by atoms with van der Waals surface area (Å²) in [6.07, 6.45) is 1.12. The Morgan fingerprint density at radius 1 is 1.45 bits per heavy atom. The molecule has 0 amide bonds. The Bertz CT molecular complexity index is 117. The molecule has 0 aromatic carbocycles. The van der Waals surface area contributed by atoms with Crippen molar-refractivity contribution in [2.75, 3.05) is 18.8 Å². The molecule has 0 rings (SSSR count). The van der Waals surface area contributed by atoms with Gasteiger partial charge in [-0.3, -0.25) is 0 Å². The molecule has 0 saturated carbocycles. The third kappa shape index (κ3) is 10.1. The smallest absolute Gasteiger partial charge is 0.154 e. The minimum atomic E-state index is -1.64. The van der Waals surface area contributed by atoms with Crippen molar-refractivity contribution < 1.29 is 8.76 Å². The van der Waals surface area contributed by atoms with E-state index in [9.17, 15) is 4.21 Å². The molecule has 3 nitrogen and oxygen atoms in total. The van der Waals surface area contributed by atoms with Crippen LogP contribution in [0, 0.1) is 5.92 Å². The van der Waals surface area contributed by atoms with Crippen molar-refractivity contribution in [2.24, 2.45) is 5.92 Å². The lowest BCUT2D eigenvalue weighted by Crippen LogP contribution is -2.22. The Balaban J connectivity index is 2.97. The molecule has 2 N–H and O–H groups in total. The molecule has 0 heterocycles. The van der Waals surface area contributed by atoms with Gasteiger partial charge in [-0.1, -0.05) is 13.8 Å². The van der Waals surface area contributed by atoms with Gasteiger partial charge in [0.05, 0.1) is 5.75 Å². The monoisotopic (exact) mass is 179 g/mol. The molecule has 0 spiro atoms. The second-order valence-electron chi connectivity index (χ2n) is 2.96. The van der Waals surface area contributed by atoms with Crippen LogP contribution < -0.4 is 5.32 Å². The van der Waals surface area contributed by atoms with Crippen molar-refractivity contribution in [3.05, 3.63) is 0 Å². The Labute approximate surface area is 70.9 Å². The van der Waals surface area contributed by atoms with E-state index in [1.54, 1.807) is 0 Å². The van der Waals surface area contributed by atoms with Crippen LogP contribution in [0.5, 0.6) is 0 Å². The van der Waals surface area contributed by atoms with Gasteiger partial charge >= 0.3 is 0 Å². The zero-order valence-corrected chi connectivity index (χ0v) is 7.99. The molecule has 0 aromatic heterocycles. The van der Waals surface area contributed by atoms with E-state index in [2.05, 4.69) is 19.2 Å². The highest BCUT2D eigenvalue weighted by molar-refractivity contribution is 7.79. The first-order valence-electron chi connectivity index (χ1n) is 3.91. The molecule has 0 aromatic rings. The summed E-state index contributed by atoms with van der Waals surface area (Å²) in [7, 11) is 0. The maximum atomic E-state index is 10.2. The van der Waals surface area contributed by atoms with Gasteiger partial charge < -0.3 is 9.87 Å². The number of hydrogen-bond acceptors (Lipinski definition) is 2. The molecular weight excluding hydrogens is 162 g/mol. The fourth-order valence-corrected chi connectivity index (χ4v) is 0.994. The van der Waals surface area contributed by atoms with Crippen molar-refractivity contribution in [3.8, 4) is 0 Å². The van der Waals surface area contributed by atoms with Gasteiger partial charge in [-0.15, -0.1) is 0 Å². The van der Waals surface area contributed by atoms with Crippen LogP contribution in [0.3, 0.4) is 0 Å². The molecule has 4 heteroatoms. The first kappa shape index (κ1) is 11.1. The van der Waals surface area contributed by atoms with Crippen molar-refractivity contribution >= 4 is 11.1 Å². The third-order valence-electron chi connectivity index (χ3n) is 1.35. The lowest BCUT2D eigenvalue weighted by atomic mass is 10.1. The minimum Gasteiger partial charge on any atom is -0.316 e. The van der Waals surface area contributed by atoms with Crippen LogP contribution in [0.1, 0.15) is 20.3 Å². The molecule has 0 fully saturated rings. The number of nitrogens with one attached hydrogen (secondary N) is 1. The van der Waals surface area contributed by atoms with Crippen LogP contribution in [0.4, 0.5) is 0 Å². The van der Waals surface area contributed by atoms with Gasteiger partial charge in [0.15, 0.2) is 11.1 Å². The fraction of sp³-hybridized carbons (Fsp3) is 1.00. The van der Waals surface area contributed by atoms with E-state index in [0.29, 0.717) is 18.2 Å². The predicted octanol–water partition coefficient (Wildman–Crippen LogP) is 0.844. The van der Waals surface area contributed by atoms with Crippen molar-refractivity contribution in [1.82, 2.24) is 5.32 Å². The first-order chi connectivity index (χ1) is 5.13. The van der Waals surface area contributed by atoms with Crippen LogP contribution in [0.2, 0.25) is 0 Å². The fourth-order valence-electron chi connectivity index (χ4n) is 0.675. The Morgan fingerprint density at radius 2 is 2.09 bits per heavy atom. The van der Waals surface area contributed by atoms with Crippen molar-refractivity contribution in [3.63, 3.8) is 0 Å². The summed E-state index contributed by atoms with van der Waals surface area (Å²) in [5, 5.41) is 3.10. The van der Waals surface area contributed by atoms with Gasteiger partial charge in [0.25, 0.3) is 0 Å². The van der Waals surface area contributed by atoms with Crippen LogP contribution >= 0.6 is 0 Å². The highest BCUT2D eigenvalue weighted by Gasteiger charge is 1.94. The van der Waals surface area contributed by atoms with E-state index in [-0.39, 0.29) is 0 Å². The van der Waals surface area contributed by atoms with E-state index in [1.165, 1.54) is 0 Å². The van der Waals surface area contributed by atoms with Gasteiger partial charge in [-0.2, -0.15) is 0 Å². The Morgan fingerprint density at radius 3 is 2.55 bits per heavy atom. The summed E-state index contributed by atoms with van der Waals surface area (Å²) in [5.74, 6) is 1.03. The molecule has 0 aliphatic heterocycles. The highest BCUT2D eigenvalue weighted by atomic mass is 32.2. The highest BCUT2D eigenvalue weighted by Crippen LogP contribution is 1.95. The van der Waals surface area contributed by atoms with Crippen LogP contribution in [0.15, 0.2) is 0 Å². The summed E-state index contributed by atoms with van der Waals surface area (Å²) in [4.78, 5) is 0. The normalized spacial score (nSPS) is 13.8. The Kier molecular flexibility index (Phi) is 6.80. The molecular formula is C7H17NO2S. The summed E-state index contributed by atoms with van der Waals surface area (Å²) in [6, 6.07) is 0. The first-order valence-corrected chi connectivity index (χ1v) is 5.18. The van der Waals surface area contributed by atoms with E-state index in [4.69, 9.17) is 4.55 Å². The number of hydrogen-bond donors (Lipinski definition) is 2. The average molecular weight is 179 g/mol. The minimum absolute atomic E-state index is 0.331. The third-order valence-corrected chi connectivity index (χ3v) is 1.91. The maximum absolute atomic E-state index is 10.2. The summed E-state index contributed by atoms with van der Waals surface area (Å²) in [6.45, 7) is 5.89.